The molecule has 0 unspecified atom stereocenters. The zero-order chi connectivity index (χ0) is 31.7. The molecule has 2 heterocycles. The van der Waals surface area contributed by atoms with Gasteiger partial charge in [0.1, 0.15) is 30.2 Å². The molecular weight excluding hydrogens is 560 g/mol. The van der Waals surface area contributed by atoms with Crippen molar-refractivity contribution >= 4 is 18.4 Å². The first kappa shape index (κ1) is 31.0. The Balaban J connectivity index is 1.73. The number of hydrogen-bond donors (Lipinski definition) is 4. The van der Waals surface area contributed by atoms with E-state index in [1.54, 1.807) is 46.1 Å². The van der Waals surface area contributed by atoms with Gasteiger partial charge < -0.3 is 39.1 Å². The highest BCUT2D eigenvalue weighted by atomic mass is 16.6. The summed E-state index contributed by atoms with van der Waals surface area (Å²) in [6.07, 6.45) is 2.45. The zero-order valence-electron chi connectivity index (χ0n) is 25.0. The van der Waals surface area contributed by atoms with Crippen LogP contribution in [0.15, 0.2) is 58.6 Å². The number of fused-ring (bicyclic) bond motifs is 2. The zero-order valence-corrected chi connectivity index (χ0v) is 25.0. The molecule has 5 rings (SSSR count). The number of esters is 2. The Morgan fingerprint density at radius 2 is 1.93 bits per heavy atom. The molecule has 0 spiro atoms. The summed E-state index contributed by atoms with van der Waals surface area (Å²) in [5, 5.41) is 45.7. The van der Waals surface area contributed by atoms with Crippen LogP contribution < -0.4 is 0 Å². The van der Waals surface area contributed by atoms with Crippen molar-refractivity contribution in [2.45, 2.75) is 82.9 Å². The molecule has 10 atom stereocenters. The summed E-state index contributed by atoms with van der Waals surface area (Å²) < 4.78 is 22.4. The van der Waals surface area contributed by atoms with Crippen LogP contribution in [0.2, 0.25) is 0 Å². The lowest BCUT2D eigenvalue weighted by molar-refractivity contribution is -0.229. The minimum Gasteiger partial charge on any atom is -0.507 e. The second-order valence-corrected chi connectivity index (χ2v) is 13.4. The molecule has 0 bridgehead atoms. The molecule has 3 aliphatic carbocycles. The van der Waals surface area contributed by atoms with Crippen LogP contribution in [0.3, 0.4) is 0 Å². The number of carbonyl (C=O) groups is 3. The standard InChI is InChI=1S/C32H40O11/c1-16(2)23(35)28(37)43-26-24(42-15-33)22(17(3)32(39)11-7-19(31(26,32)6)18-9-12-40-13-18)29(4)10-8-20(34)21-25(29)30(5,38)14-41-27(21)36/h8-10,12-13,15-16,19,22-26,34-35,38-39H,3,7,11,14H2,1-2,4-6H3/t19-,22+,23+,24+,25+,26-,29+,30+,31+,32-/m0/s1. The summed E-state index contributed by atoms with van der Waals surface area (Å²) in [7, 11) is 0. The molecule has 4 aliphatic rings. The van der Waals surface area contributed by atoms with E-state index in [1.165, 1.54) is 19.3 Å². The fraction of sp³-hybridized carbons (Fsp3) is 0.594. The molecule has 43 heavy (non-hydrogen) atoms. The second-order valence-electron chi connectivity index (χ2n) is 13.4. The normalized spacial score (nSPS) is 41.4. The maximum absolute atomic E-state index is 13.4. The highest BCUT2D eigenvalue weighted by Crippen LogP contribution is 2.69. The van der Waals surface area contributed by atoms with E-state index in [9.17, 15) is 34.8 Å². The number of carbonyl (C=O) groups excluding carboxylic acids is 3. The van der Waals surface area contributed by atoms with E-state index in [0.717, 1.165) is 5.56 Å². The summed E-state index contributed by atoms with van der Waals surface area (Å²) in [5.41, 5.74) is -5.23. The van der Waals surface area contributed by atoms with E-state index in [-0.39, 0.29) is 36.4 Å². The molecule has 11 nitrogen and oxygen atoms in total. The maximum atomic E-state index is 13.4. The Labute approximate surface area is 249 Å². The van der Waals surface area contributed by atoms with Gasteiger partial charge >= 0.3 is 11.9 Å². The van der Waals surface area contributed by atoms with Crippen molar-refractivity contribution in [3.8, 4) is 0 Å². The number of allylic oxidation sites excluding steroid dienone is 2. The number of rotatable bonds is 7. The average molecular weight is 601 g/mol. The smallest absolute Gasteiger partial charge is 0.338 e. The molecule has 0 aromatic carbocycles. The molecule has 1 aliphatic heterocycles. The van der Waals surface area contributed by atoms with E-state index >= 15 is 0 Å². The van der Waals surface area contributed by atoms with E-state index in [2.05, 4.69) is 6.58 Å². The van der Waals surface area contributed by atoms with Gasteiger partial charge in [0.2, 0.25) is 0 Å². The molecule has 2 saturated carbocycles. The van der Waals surface area contributed by atoms with Gasteiger partial charge in [-0.25, -0.2) is 9.59 Å². The van der Waals surface area contributed by atoms with E-state index < -0.39 is 76.0 Å². The van der Waals surface area contributed by atoms with Crippen LogP contribution in [0.25, 0.3) is 0 Å². The van der Waals surface area contributed by atoms with Gasteiger partial charge in [0.25, 0.3) is 6.47 Å². The van der Waals surface area contributed by atoms with Crippen molar-refractivity contribution in [3.63, 3.8) is 0 Å². The highest BCUT2D eigenvalue weighted by molar-refractivity contribution is 5.92. The predicted molar refractivity (Wildman–Crippen MR) is 150 cm³/mol. The predicted octanol–water partition coefficient (Wildman–Crippen LogP) is 2.86. The van der Waals surface area contributed by atoms with E-state index in [1.807, 2.05) is 0 Å². The molecule has 1 saturated heterocycles. The van der Waals surface area contributed by atoms with Crippen molar-refractivity contribution < 1.29 is 53.4 Å². The van der Waals surface area contributed by atoms with Crippen LogP contribution in [0.1, 0.15) is 58.9 Å². The number of aliphatic hydroxyl groups excluding tert-OH is 2. The molecule has 234 valence electrons. The van der Waals surface area contributed by atoms with Gasteiger partial charge in [0, 0.05) is 22.7 Å². The summed E-state index contributed by atoms with van der Waals surface area (Å²) in [6, 6.07) is 1.75. The van der Waals surface area contributed by atoms with Gasteiger partial charge in [-0.2, -0.15) is 0 Å². The first-order valence-electron chi connectivity index (χ1n) is 14.5. The maximum Gasteiger partial charge on any atom is 0.338 e. The van der Waals surface area contributed by atoms with E-state index in [0.29, 0.717) is 6.42 Å². The Morgan fingerprint density at radius 1 is 1.23 bits per heavy atom. The molecule has 11 heteroatoms. The molecule has 0 amide bonds. The van der Waals surface area contributed by atoms with Gasteiger partial charge in [-0.1, -0.05) is 40.3 Å². The third-order valence-corrected chi connectivity index (χ3v) is 10.6. The monoisotopic (exact) mass is 600 g/mol. The van der Waals surface area contributed by atoms with Gasteiger partial charge in [-0.05, 0) is 54.9 Å². The fourth-order valence-electron chi connectivity index (χ4n) is 8.47. The second kappa shape index (κ2) is 10.3. The third kappa shape index (κ3) is 4.30. The van der Waals surface area contributed by atoms with Gasteiger partial charge in [0.05, 0.1) is 23.7 Å². The Morgan fingerprint density at radius 3 is 2.53 bits per heavy atom. The first-order valence-corrected chi connectivity index (χ1v) is 14.5. The summed E-state index contributed by atoms with van der Waals surface area (Å²) >= 11 is 0. The largest absolute Gasteiger partial charge is 0.507 e. The fourth-order valence-corrected chi connectivity index (χ4v) is 8.47. The first-order chi connectivity index (χ1) is 20.1. The molecule has 4 N–H and O–H groups in total. The minimum absolute atomic E-state index is 0.161. The quantitative estimate of drug-likeness (QED) is 0.157. The van der Waals surface area contributed by atoms with Crippen molar-refractivity contribution in [2.75, 3.05) is 6.61 Å². The highest BCUT2D eigenvalue weighted by Gasteiger charge is 2.73. The van der Waals surface area contributed by atoms with E-state index in [4.69, 9.17) is 18.6 Å². The average Bonchev–Trinajstić information content (AvgIpc) is 3.57. The van der Waals surface area contributed by atoms with Gasteiger partial charge in [0.15, 0.2) is 6.10 Å². The van der Waals surface area contributed by atoms with Crippen LogP contribution in [0, 0.1) is 28.6 Å². The van der Waals surface area contributed by atoms with Crippen LogP contribution in [0.5, 0.6) is 0 Å². The van der Waals surface area contributed by atoms with Crippen molar-refractivity contribution in [2.24, 2.45) is 28.6 Å². The summed E-state index contributed by atoms with van der Waals surface area (Å²) in [6.45, 7) is 12.4. The summed E-state index contributed by atoms with van der Waals surface area (Å²) in [4.78, 5) is 38.5. The molecule has 1 aromatic heterocycles. The summed E-state index contributed by atoms with van der Waals surface area (Å²) in [5.74, 6) is -5.23. The topological polar surface area (TPSA) is 173 Å². The third-order valence-electron chi connectivity index (χ3n) is 10.6. The molecule has 0 radical (unpaired) electrons. The Hall–Kier alpha value is -3.41. The number of hydrogen-bond acceptors (Lipinski definition) is 11. The van der Waals surface area contributed by atoms with Crippen LogP contribution >= 0.6 is 0 Å². The lowest BCUT2D eigenvalue weighted by atomic mass is 9.46. The molecule has 1 aromatic rings. The Kier molecular flexibility index (Phi) is 7.47. The number of aliphatic hydroxyl groups is 4. The van der Waals surface area contributed by atoms with Crippen molar-refractivity contribution in [3.05, 3.63) is 59.8 Å². The number of furan rings is 1. The van der Waals surface area contributed by atoms with Crippen molar-refractivity contribution in [1.29, 1.82) is 0 Å². The van der Waals surface area contributed by atoms with Crippen LogP contribution in [0.4, 0.5) is 0 Å². The minimum atomic E-state index is -1.71. The SMILES string of the molecule is C=C1[C@@H]([C@@]2(C)C=CC(O)=C3C(=O)OC[C@@](C)(O)[C@H]32)[C@@H](OC=O)[C@H](OC(=O)[C@H](O)C(C)C)[C@@]2(C)[C@H](c3ccoc3)CC[C@]12O. The number of cyclic esters (lactones) is 1. The lowest BCUT2D eigenvalue weighted by Crippen LogP contribution is -2.69. The van der Waals surface area contributed by atoms with Crippen LogP contribution in [-0.2, 0) is 28.6 Å². The lowest BCUT2D eigenvalue weighted by Gasteiger charge is -2.61. The van der Waals surface area contributed by atoms with Gasteiger partial charge in [-0.15, -0.1) is 0 Å². The number of ether oxygens (including phenoxy) is 3. The van der Waals surface area contributed by atoms with Crippen LogP contribution in [-0.4, -0.2) is 75.0 Å². The molecule has 3 fully saturated rings. The molecular formula is C32H40O11. The Bertz CT molecular complexity index is 1370. The van der Waals surface area contributed by atoms with Crippen molar-refractivity contribution in [1.82, 2.24) is 0 Å². The van der Waals surface area contributed by atoms with Gasteiger partial charge in [-0.3, -0.25) is 4.79 Å².